The Morgan fingerprint density at radius 3 is 2.65 bits per heavy atom. The van der Waals surface area contributed by atoms with Crippen molar-refractivity contribution in [2.24, 2.45) is 0 Å². The average Bonchev–Trinajstić information content (AvgIpc) is 3.21. The van der Waals surface area contributed by atoms with Crippen LogP contribution in [0.3, 0.4) is 0 Å². The van der Waals surface area contributed by atoms with Crippen LogP contribution in [0.2, 0.25) is 0 Å². The van der Waals surface area contributed by atoms with Crippen LogP contribution in [0.5, 0.6) is 0 Å². The number of rotatable bonds is 6. The number of benzene rings is 1. The van der Waals surface area contributed by atoms with Crippen LogP contribution in [0.1, 0.15) is 46.0 Å². The Labute approximate surface area is 150 Å². The van der Waals surface area contributed by atoms with Gasteiger partial charge in [0.05, 0.1) is 25.3 Å². The molecule has 3 rings (SSSR count). The number of Topliss-reactive ketones (excluding diaryl/α,β-unsaturated/α-hetero) is 1. The van der Waals surface area contributed by atoms with Crippen LogP contribution < -0.4 is 0 Å². The van der Waals surface area contributed by atoms with Crippen LogP contribution in [0.4, 0.5) is 0 Å². The molecule has 0 radical (unpaired) electrons. The van der Waals surface area contributed by atoms with Crippen molar-refractivity contribution in [3.63, 3.8) is 0 Å². The highest BCUT2D eigenvalue weighted by atomic mass is 16.5. The number of carbonyl (C=O) groups excluding carboxylic acids is 3. The van der Waals surface area contributed by atoms with Gasteiger partial charge in [-0.05, 0) is 31.1 Å². The lowest BCUT2D eigenvalue weighted by Gasteiger charge is -2.07. The number of fused-ring (bicyclic) bond motifs is 1. The first kappa shape index (κ1) is 17.6. The van der Waals surface area contributed by atoms with Gasteiger partial charge < -0.3 is 9.47 Å². The van der Waals surface area contributed by atoms with Crippen LogP contribution in [-0.2, 0) is 20.7 Å². The molecule has 134 valence electrons. The van der Waals surface area contributed by atoms with Gasteiger partial charge in [0.2, 0.25) is 11.6 Å². The Morgan fingerprint density at radius 1 is 1.15 bits per heavy atom. The lowest BCUT2D eigenvalue weighted by molar-refractivity contribution is -0.142. The fourth-order valence-electron chi connectivity index (χ4n) is 2.87. The highest BCUT2D eigenvalue weighted by molar-refractivity contribution is 6.33. The van der Waals surface area contributed by atoms with Crippen molar-refractivity contribution in [3.05, 3.63) is 53.1 Å². The van der Waals surface area contributed by atoms with Crippen molar-refractivity contribution in [3.8, 4) is 0 Å². The molecule has 0 saturated heterocycles. The normalized spacial score (nSPS) is 12.5. The zero-order valence-corrected chi connectivity index (χ0v) is 14.5. The van der Waals surface area contributed by atoms with E-state index in [0.717, 1.165) is 0 Å². The van der Waals surface area contributed by atoms with Gasteiger partial charge in [0, 0.05) is 18.0 Å². The van der Waals surface area contributed by atoms with E-state index in [0.29, 0.717) is 23.3 Å². The smallest absolute Gasteiger partial charge is 0.374 e. The van der Waals surface area contributed by atoms with E-state index in [1.165, 1.54) is 17.0 Å². The first-order chi connectivity index (χ1) is 12.6. The summed E-state index contributed by atoms with van der Waals surface area (Å²) in [7, 11) is 0. The molecule has 1 heterocycles. The molecule has 7 heteroatoms. The summed E-state index contributed by atoms with van der Waals surface area (Å²) in [6.07, 6.45) is 4.70. The second-order valence-corrected chi connectivity index (χ2v) is 5.56. The van der Waals surface area contributed by atoms with Crippen molar-refractivity contribution in [1.29, 1.82) is 0 Å². The third-order valence-electron chi connectivity index (χ3n) is 3.95. The third kappa shape index (κ3) is 3.15. The number of allylic oxidation sites excluding steroid dienone is 1. The zero-order valence-electron chi connectivity index (χ0n) is 14.5. The summed E-state index contributed by atoms with van der Waals surface area (Å²) in [6, 6.07) is 5.20. The first-order valence-electron chi connectivity index (χ1n) is 8.31. The lowest BCUT2D eigenvalue weighted by atomic mass is 10.0. The van der Waals surface area contributed by atoms with E-state index in [1.807, 2.05) is 0 Å². The van der Waals surface area contributed by atoms with E-state index in [9.17, 15) is 14.4 Å². The van der Waals surface area contributed by atoms with Gasteiger partial charge in [-0.2, -0.15) is 0 Å². The molecule has 1 aromatic heterocycles. The Balaban J connectivity index is 1.99. The third-order valence-corrected chi connectivity index (χ3v) is 3.95. The summed E-state index contributed by atoms with van der Waals surface area (Å²) in [5, 5.41) is 0. The van der Waals surface area contributed by atoms with Crippen LogP contribution in [0.15, 0.2) is 30.6 Å². The summed E-state index contributed by atoms with van der Waals surface area (Å²) >= 11 is 0. The largest absolute Gasteiger partial charge is 0.466 e. The van der Waals surface area contributed by atoms with Gasteiger partial charge >= 0.3 is 11.9 Å². The number of hydrogen-bond donors (Lipinski definition) is 0. The van der Waals surface area contributed by atoms with Gasteiger partial charge in [0.15, 0.2) is 0 Å². The Kier molecular flexibility index (Phi) is 4.97. The van der Waals surface area contributed by atoms with E-state index in [2.05, 4.69) is 4.98 Å². The molecular formula is C19H18N2O5. The molecule has 7 nitrogen and oxygen atoms in total. The molecule has 0 unspecified atom stereocenters. The minimum absolute atomic E-state index is 0.0335. The van der Waals surface area contributed by atoms with Crippen molar-refractivity contribution in [1.82, 2.24) is 9.55 Å². The molecule has 0 N–H and O–H groups in total. The predicted molar refractivity (Wildman–Crippen MR) is 93.5 cm³/mol. The topological polar surface area (TPSA) is 87.5 Å². The molecule has 0 amide bonds. The molecular weight excluding hydrogens is 336 g/mol. The van der Waals surface area contributed by atoms with Gasteiger partial charge in [0.1, 0.15) is 0 Å². The molecule has 0 spiro atoms. The number of imidazole rings is 1. The van der Waals surface area contributed by atoms with Crippen molar-refractivity contribution in [2.75, 3.05) is 13.2 Å². The number of esters is 2. The lowest BCUT2D eigenvalue weighted by Crippen LogP contribution is -2.15. The standard InChI is InChI=1S/C19H18N2O5/c1-3-25-16(22)10-12-6-5-7-13-14(12)11-15(17(13)23)21-9-8-20-18(21)19(24)26-4-2/h5-9,11H,3-4,10H2,1-2H3. The summed E-state index contributed by atoms with van der Waals surface area (Å²) in [6.45, 7) is 3.95. The summed E-state index contributed by atoms with van der Waals surface area (Å²) in [5.74, 6) is -1.17. The monoisotopic (exact) mass is 354 g/mol. The molecule has 0 bridgehead atoms. The summed E-state index contributed by atoms with van der Waals surface area (Å²) in [5.41, 5.74) is 2.12. The van der Waals surface area contributed by atoms with Crippen LogP contribution >= 0.6 is 0 Å². The summed E-state index contributed by atoms with van der Waals surface area (Å²) < 4.78 is 11.4. The fourth-order valence-corrected chi connectivity index (χ4v) is 2.87. The van der Waals surface area contributed by atoms with Gasteiger partial charge in [-0.15, -0.1) is 0 Å². The van der Waals surface area contributed by atoms with Crippen molar-refractivity contribution < 1.29 is 23.9 Å². The first-order valence-corrected chi connectivity index (χ1v) is 8.31. The quantitative estimate of drug-likeness (QED) is 0.740. The second-order valence-electron chi connectivity index (χ2n) is 5.56. The minimum Gasteiger partial charge on any atom is -0.466 e. The Bertz CT molecular complexity index is 910. The number of nitrogens with zero attached hydrogens (tertiary/aromatic N) is 2. The Hall–Kier alpha value is -3.22. The number of hydrogen-bond acceptors (Lipinski definition) is 6. The highest BCUT2D eigenvalue weighted by Crippen LogP contribution is 2.31. The SMILES string of the molecule is CCOC(=O)Cc1cccc2c1C=C(n1ccnc1C(=O)OCC)C2=O. The molecule has 1 aliphatic carbocycles. The molecule has 1 aliphatic rings. The zero-order chi connectivity index (χ0) is 18.7. The maximum Gasteiger partial charge on any atom is 0.374 e. The highest BCUT2D eigenvalue weighted by Gasteiger charge is 2.29. The van der Waals surface area contributed by atoms with Crippen LogP contribution in [-0.4, -0.2) is 40.5 Å². The molecule has 0 atom stereocenters. The maximum atomic E-state index is 12.8. The number of carbonyl (C=O) groups is 3. The van der Waals surface area contributed by atoms with Crippen molar-refractivity contribution in [2.45, 2.75) is 20.3 Å². The number of aromatic nitrogens is 2. The van der Waals surface area contributed by atoms with Gasteiger partial charge in [0.25, 0.3) is 0 Å². The van der Waals surface area contributed by atoms with Crippen LogP contribution in [0, 0.1) is 0 Å². The maximum absolute atomic E-state index is 12.8. The van der Waals surface area contributed by atoms with E-state index in [-0.39, 0.29) is 36.3 Å². The summed E-state index contributed by atoms with van der Waals surface area (Å²) in [4.78, 5) is 40.7. The van der Waals surface area contributed by atoms with Crippen LogP contribution in [0.25, 0.3) is 11.8 Å². The molecule has 0 saturated carbocycles. The predicted octanol–water partition coefficient (Wildman–Crippen LogP) is 2.36. The van der Waals surface area contributed by atoms with E-state index in [1.54, 1.807) is 38.1 Å². The van der Waals surface area contributed by atoms with Gasteiger partial charge in [-0.25, -0.2) is 9.78 Å². The van der Waals surface area contributed by atoms with Gasteiger partial charge in [-0.1, -0.05) is 18.2 Å². The van der Waals surface area contributed by atoms with Crippen molar-refractivity contribution >= 4 is 29.5 Å². The Morgan fingerprint density at radius 2 is 1.92 bits per heavy atom. The molecule has 0 fully saturated rings. The minimum atomic E-state index is -0.603. The second kappa shape index (κ2) is 7.35. The van der Waals surface area contributed by atoms with E-state index >= 15 is 0 Å². The van der Waals surface area contributed by atoms with E-state index < -0.39 is 5.97 Å². The average molecular weight is 354 g/mol. The molecule has 1 aromatic carbocycles. The molecule has 2 aromatic rings. The number of ether oxygens (including phenoxy) is 2. The fraction of sp³-hybridized carbons (Fsp3) is 0.263. The molecule has 26 heavy (non-hydrogen) atoms. The molecule has 0 aliphatic heterocycles. The van der Waals surface area contributed by atoms with Gasteiger partial charge in [-0.3, -0.25) is 14.2 Å². The van der Waals surface area contributed by atoms with E-state index in [4.69, 9.17) is 9.47 Å². The number of ketones is 1.